The highest BCUT2D eigenvalue weighted by Gasteiger charge is 2.28. The van der Waals surface area contributed by atoms with Crippen molar-refractivity contribution in [3.8, 4) is 11.5 Å². The molecule has 0 spiro atoms. The molecule has 3 N–H and O–H groups in total. The fourth-order valence-corrected chi connectivity index (χ4v) is 1.76. The molecule has 22 heavy (non-hydrogen) atoms. The number of hydrogen-bond acceptors (Lipinski definition) is 7. The van der Waals surface area contributed by atoms with Crippen molar-refractivity contribution in [3.63, 3.8) is 0 Å². The van der Waals surface area contributed by atoms with Crippen molar-refractivity contribution in [2.24, 2.45) is 0 Å². The number of nitro groups is 1. The summed E-state index contributed by atoms with van der Waals surface area (Å²) in [5, 5.41) is 24.2. The van der Waals surface area contributed by atoms with Crippen LogP contribution >= 0.6 is 0 Å². The number of barbiturate groups is 1. The van der Waals surface area contributed by atoms with E-state index in [2.05, 4.69) is 0 Å². The van der Waals surface area contributed by atoms with Crippen LogP contribution in [0.5, 0.6) is 11.5 Å². The minimum atomic E-state index is -0.957. The van der Waals surface area contributed by atoms with Gasteiger partial charge in [-0.1, -0.05) is 0 Å². The molecule has 2 rings (SSSR count). The molecule has 0 radical (unpaired) electrons. The highest BCUT2D eigenvalue weighted by Crippen LogP contribution is 2.37. The van der Waals surface area contributed by atoms with E-state index in [0.717, 1.165) is 12.1 Å². The summed E-state index contributed by atoms with van der Waals surface area (Å²) >= 11 is 0. The lowest BCUT2D eigenvalue weighted by molar-refractivity contribution is -0.386. The third-order valence-electron chi connectivity index (χ3n) is 2.75. The maximum Gasteiger partial charge on any atom is 0.328 e. The van der Waals surface area contributed by atoms with Crippen LogP contribution in [0, 0.1) is 10.1 Å². The van der Waals surface area contributed by atoms with Crippen LogP contribution in [0.3, 0.4) is 0 Å². The smallest absolute Gasteiger partial charge is 0.328 e. The zero-order chi connectivity index (χ0) is 16.4. The summed E-state index contributed by atoms with van der Waals surface area (Å²) in [5.74, 6) is -2.76. The molecule has 1 saturated heterocycles. The van der Waals surface area contributed by atoms with Gasteiger partial charge in [0.2, 0.25) is 5.75 Å². The number of amides is 4. The molecule has 1 heterocycles. The number of hydrogen-bond donors (Lipinski definition) is 3. The van der Waals surface area contributed by atoms with Crippen LogP contribution in [0.15, 0.2) is 17.7 Å². The predicted octanol–water partition coefficient (Wildman–Crippen LogP) is 0.0584. The van der Waals surface area contributed by atoms with E-state index in [1.54, 1.807) is 0 Å². The zero-order valence-electron chi connectivity index (χ0n) is 11.1. The Hall–Kier alpha value is -3.43. The summed E-state index contributed by atoms with van der Waals surface area (Å²) < 4.78 is 4.80. The second kappa shape index (κ2) is 5.52. The zero-order valence-corrected chi connectivity index (χ0v) is 11.1. The Kier molecular flexibility index (Phi) is 3.75. The number of imide groups is 2. The molecule has 10 nitrogen and oxygen atoms in total. The second-order valence-electron chi connectivity index (χ2n) is 4.14. The molecule has 114 valence electrons. The number of methoxy groups -OCH3 is 1. The minimum Gasteiger partial charge on any atom is -0.500 e. The molecule has 1 aliphatic rings. The lowest BCUT2D eigenvalue weighted by atomic mass is 10.1. The van der Waals surface area contributed by atoms with Gasteiger partial charge < -0.3 is 9.84 Å². The summed E-state index contributed by atoms with van der Waals surface area (Å²) in [7, 11) is 1.19. The van der Waals surface area contributed by atoms with E-state index >= 15 is 0 Å². The standard InChI is InChI=1S/C12H9N3O7/c1-22-8-4-5(3-7(9(8)16)15(20)21)2-6-10(17)13-12(19)14-11(6)18/h2-4,16H,1H3,(H2,13,14,17,18,19). The Bertz CT molecular complexity index is 716. The topological polar surface area (TPSA) is 148 Å². The van der Waals surface area contributed by atoms with Gasteiger partial charge in [-0.15, -0.1) is 0 Å². The number of carbonyl (C=O) groups is 3. The second-order valence-corrected chi connectivity index (χ2v) is 4.14. The van der Waals surface area contributed by atoms with E-state index in [1.165, 1.54) is 13.2 Å². The van der Waals surface area contributed by atoms with Crippen molar-refractivity contribution >= 4 is 29.6 Å². The van der Waals surface area contributed by atoms with E-state index in [0.29, 0.717) is 0 Å². The maximum absolute atomic E-state index is 11.6. The molecule has 4 amide bonds. The largest absolute Gasteiger partial charge is 0.500 e. The number of phenols is 1. The number of aromatic hydroxyl groups is 1. The number of carbonyl (C=O) groups excluding carboxylic acids is 3. The van der Waals surface area contributed by atoms with Gasteiger partial charge in [-0.25, -0.2) is 4.79 Å². The highest BCUT2D eigenvalue weighted by atomic mass is 16.6. The van der Waals surface area contributed by atoms with Gasteiger partial charge in [-0.2, -0.15) is 0 Å². The van der Waals surface area contributed by atoms with Crippen LogP contribution < -0.4 is 15.4 Å². The molecule has 0 atom stereocenters. The molecule has 0 bridgehead atoms. The molecule has 10 heteroatoms. The molecule has 1 aromatic carbocycles. The lowest BCUT2D eigenvalue weighted by Gasteiger charge is -2.14. The van der Waals surface area contributed by atoms with Crippen molar-refractivity contribution in [3.05, 3.63) is 33.4 Å². The minimum absolute atomic E-state index is 0.0657. The molecule has 1 aliphatic heterocycles. The summed E-state index contributed by atoms with van der Waals surface area (Å²) in [5.41, 5.74) is -1.00. The molecule has 0 saturated carbocycles. The first-order valence-corrected chi connectivity index (χ1v) is 5.77. The SMILES string of the molecule is COc1cc(C=C2C(=O)NC(=O)NC2=O)cc([N+](=O)[O-])c1O. The van der Waals surface area contributed by atoms with Crippen LogP contribution in [-0.2, 0) is 9.59 Å². The van der Waals surface area contributed by atoms with E-state index < -0.39 is 39.8 Å². The maximum atomic E-state index is 11.6. The number of nitrogens with zero attached hydrogens (tertiary/aromatic N) is 1. The lowest BCUT2D eigenvalue weighted by Crippen LogP contribution is -2.51. The third-order valence-corrected chi connectivity index (χ3v) is 2.75. The summed E-state index contributed by atoms with van der Waals surface area (Å²) in [6.07, 6.45) is 1.03. The Balaban J connectivity index is 2.53. The van der Waals surface area contributed by atoms with Gasteiger partial charge >= 0.3 is 11.7 Å². The average Bonchev–Trinajstić information content (AvgIpc) is 2.43. The van der Waals surface area contributed by atoms with Crippen LogP contribution in [0.1, 0.15) is 5.56 Å². The summed E-state index contributed by atoms with van der Waals surface area (Å²) in [6, 6.07) is 1.20. The van der Waals surface area contributed by atoms with E-state index in [1.807, 2.05) is 10.6 Å². The fourth-order valence-electron chi connectivity index (χ4n) is 1.76. The van der Waals surface area contributed by atoms with Gasteiger partial charge in [0.05, 0.1) is 12.0 Å². The van der Waals surface area contributed by atoms with Gasteiger partial charge in [-0.05, 0) is 17.7 Å². The van der Waals surface area contributed by atoms with E-state index in [-0.39, 0.29) is 11.3 Å². The first kappa shape index (κ1) is 15.0. The molecule has 1 aromatic rings. The summed E-state index contributed by atoms with van der Waals surface area (Å²) in [6.45, 7) is 0. The third kappa shape index (κ3) is 2.70. The van der Waals surface area contributed by atoms with Crippen molar-refractivity contribution in [2.45, 2.75) is 0 Å². The Labute approximate surface area is 122 Å². The van der Waals surface area contributed by atoms with Gasteiger partial charge in [0.15, 0.2) is 5.75 Å². The fraction of sp³-hybridized carbons (Fsp3) is 0.0833. The van der Waals surface area contributed by atoms with Gasteiger partial charge in [0, 0.05) is 6.07 Å². The number of ether oxygens (including phenoxy) is 1. The molecule has 0 aliphatic carbocycles. The predicted molar refractivity (Wildman–Crippen MR) is 71.0 cm³/mol. The van der Waals surface area contributed by atoms with Crippen molar-refractivity contribution in [1.82, 2.24) is 10.6 Å². The number of nitrogens with one attached hydrogen (secondary N) is 2. The van der Waals surface area contributed by atoms with Crippen molar-refractivity contribution < 1.29 is 29.2 Å². The monoisotopic (exact) mass is 307 g/mol. The van der Waals surface area contributed by atoms with Gasteiger partial charge in [-0.3, -0.25) is 30.3 Å². The Morgan fingerprint density at radius 3 is 2.32 bits per heavy atom. The van der Waals surface area contributed by atoms with E-state index in [4.69, 9.17) is 4.74 Å². The van der Waals surface area contributed by atoms with Crippen LogP contribution in [0.4, 0.5) is 10.5 Å². The first-order chi connectivity index (χ1) is 10.3. The van der Waals surface area contributed by atoms with Gasteiger partial charge in [0.1, 0.15) is 5.57 Å². The molecular formula is C12H9N3O7. The number of nitro benzene ring substituents is 1. The number of rotatable bonds is 3. The summed E-state index contributed by atoms with van der Waals surface area (Å²) in [4.78, 5) is 44.1. The quantitative estimate of drug-likeness (QED) is 0.309. The number of phenolic OH excluding ortho intramolecular Hbond substituents is 1. The number of benzene rings is 1. The molecule has 0 unspecified atom stereocenters. The normalized spacial score (nSPS) is 14.2. The Morgan fingerprint density at radius 1 is 1.23 bits per heavy atom. The molecule has 0 aromatic heterocycles. The van der Waals surface area contributed by atoms with Crippen LogP contribution in [-0.4, -0.2) is 35.0 Å². The first-order valence-electron chi connectivity index (χ1n) is 5.77. The number of urea groups is 1. The van der Waals surface area contributed by atoms with Crippen LogP contribution in [0.25, 0.3) is 6.08 Å². The van der Waals surface area contributed by atoms with E-state index in [9.17, 15) is 29.6 Å². The van der Waals surface area contributed by atoms with Crippen molar-refractivity contribution in [2.75, 3.05) is 7.11 Å². The average molecular weight is 307 g/mol. The highest BCUT2D eigenvalue weighted by molar-refractivity contribution is 6.31. The molecule has 1 fully saturated rings. The van der Waals surface area contributed by atoms with Crippen molar-refractivity contribution in [1.29, 1.82) is 0 Å². The molecular weight excluding hydrogens is 298 g/mol. The van der Waals surface area contributed by atoms with Crippen LogP contribution in [0.2, 0.25) is 0 Å². The van der Waals surface area contributed by atoms with Gasteiger partial charge in [0.25, 0.3) is 11.8 Å². The Morgan fingerprint density at radius 2 is 1.82 bits per heavy atom.